The van der Waals surface area contributed by atoms with Crippen LogP contribution in [-0.2, 0) is 0 Å². The molecule has 0 atom stereocenters. The minimum Gasteiger partial charge on any atom is -0.289 e. The number of nitro groups is 1. The van der Waals surface area contributed by atoms with Gasteiger partial charge in [-0.2, -0.15) is 0 Å². The molecule has 0 radical (unpaired) electrons. The zero-order valence-electron chi connectivity index (χ0n) is 15.6. The van der Waals surface area contributed by atoms with Crippen molar-refractivity contribution in [3.8, 4) is 0 Å². The zero-order valence-corrected chi connectivity index (χ0v) is 16.4. The van der Waals surface area contributed by atoms with Crippen molar-refractivity contribution in [2.75, 3.05) is 0 Å². The zero-order chi connectivity index (χ0) is 20.1. The normalized spacial score (nSPS) is 10.9. The molecule has 0 saturated heterocycles. The Labute approximate surface area is 168 Å². The van der Waals surface area contributed by atoms with Gasteiger partial charge in [-0.05, 0) is 43.7 Å². The van der Waals surface area contributed by atoms with E-state index in [2.05, 4.69) is 0 Å². The van der Waals surface area contributed by atoms with Crippen molar-refractivity contribution in [2.24, 2.45) is 0 Å². The van der Waals surface area contributed by atoms with Crippen LogP contribution in [-0.4, -0.2) is 10.7 Å². The Bertz CT molecular complexity index is 1040. The minimum atomic E-state index is -0.393. The summed E-state index contributed by atoms with van der Waals surface area (Å²) in [4.78, 5) is 24.9. The summed E-state index contributed by atoms with van der Waals surface area (Å²) in [6.07, 6.45) is 3.05. The molecule has 0 spiro atoms. The van der Waals surface area contributed by atoms with Crippen LogP contribution in [0.5, 0.6) is 0 Å². The molecule has 0 aromatic heterocycles. The molecule has 0 aliphatic heterocycles. The number of hydrogen-bond acceptors (Lipinski definition) is 4. The fourth-order valence-electron chi connectivity index (χ4n) is 2.59. The van der Waals surface area contributed by atoms with E-state index in [4.69, 9.17) is 0 Å². The first-order valence-corrected chi connectivity index (χ1v) is 9.56. The Morgan fingerprint density at radius 1 is 0.929 bits per heavy atom. The fourth-order valence-corrected chi connectivity index (χ4v) is 3.49. The van der Waals surface area contributed by atoms with Crippen molar-refractivity contribution in [3.05, 3.63) is 105 Å². The lowest BCUT2D eigenvalue weighted by atomic mass is 10.1. The van der Waals surface area contributed by atoms with E-state index < -0.39 is 4.92 Å². The van der Waals surface area contributed by atoms with Gasteiger partial charge in [0.05, 0.1) is 9.82 Å². The maximum Gasteiger partial charge on any atom is 0.283 e. The molecule has 0 aliphatic rings. The lowest BCUT2D eigenvalue weighted by Gasteiger charge is -2.05. The van der Waals surface area contributed by atoms with Crippen LogP contribution in [0.3, 0.4) is 0 Å². The van der Waals surface area contributed by atoms with E-state index in [-0.39, 0.29) is 11.5 Å². The Balaban J connectivity index is 1.81. The third-order valence-corrected chi connectivity index (χ3v) is 5.26. The number of nitrogens with zero attached hydrogens (tertiary/aromatic N) is 1. The minimum absolute atomic E-state index is 0.0236. The first-order valence-electron chi connectivity index (χ1n) is 8.74. The van der Waals surface area contributed by atoms with Gasteiger partial charge < -0.3 is 0 Å². The van der Waals surface area contributed by atoms with Crippen LogP contribution in [0, 0.1) is 24.0 Å². The molecule has 3 aromatic rings. The topological polar surface area (TPSA) is 60.2 Å². The molecule has 5 heteroatoms. The third-order valence-electron chi connectivity index (χ3n) is 4.19. The second-order valence-electron chi connectivity index (χ2n) is 6.46. The van der Waals surface area contributed by atoms with Gasteiger partial charge in [0.1, 0.15) is 0 Å². The van der Waals surface area contributed by atoms with Crippen LogP contribution in [0.2, 0.25) is 0 Å². The number of benzene rings is 3. The summed E-state index contributed by atoms with van der Waals surface area (Å²) < 4.78 is 0. The maximum absolute atomic E-state index is 12.3. The molecule has 0 saturated carbocycles. The molecule has 28 heavy (non-hydrogen) atoms. The molecule has 0 bridgehead atoms. The quantitative estimate of drug-likeness (QED) is 0.216. The summed E-state index contributed by atoms with van der Waals surface area (Å²) >= 11 is 1.35. The van der Waals surface area contributed by atoms with Crippen molar-refractivity contribution in [3.63, 3.8) is 0 Å². The number of hydrogen-bond donors (Lipinski definition) is 0. The molecule has 0 unspecified atom stereocenters. The Hall–Kier alpha value is -3.18. The van der Waals surface area contributed by atoms with Gasteiger partial charge in [0.15, 0.2) is 5.78 Å². The van der Waals surface area contributed by atoms with Gasteiger partial charge in [0.2, 0.25) is 0 Å². The number of nitro benzene ring substituents is 1. The first kappa shape index (κ1) is 19.6. The van der Waals surface area contributed by atoms with Gasteiger partial charge in [-0.25, -0.2) is 0 Å². The number of carbonyl (C=O) groups is 1. The van der Waals surface area contributed by atoms with Crippen molar-refractivity contribution in [2.45, 2.75) is 23.6 Å². The van der Waals surface area contributed by atoms with Crippen molar-refractivity contribution in [1.82, 2.24) is 0 Å². The predicted molar refractivity (Wildman–Crippen MR) is 113 cm³/mol. The van der Waals surface area contributed by atoms with Crippen LogP contribution in [0.25, 0.3) is 6.08 Å². The first-order chi connectivity index (χ1) is 13.4. The molecule has 3 aromatic carbocycles. The number of ketones is 1. The number of allylic oxidation sites excluding steroid dienone is 1. The van der Waals surface area contributed by atoms with Crippen LogP contribution >= 0.6 is 11.8 Å². The standard InChI is InChI=1S/C23H19NO3S/c1-16-3-9-19(10-4-16)22(25)13-7-18-8-14-23(21(15-18)24(26)27)28-20-11-5-17(2)6-12-20/h3-15H,1-2H3/b13-7+. The highest BCUT2D eigenvalue weighted by atomic mass is 32.2. The smallest absolute Gasteiger partial charge is 0.283 e. The van der Waals surface area contributed by atoms with Gasteiger partial charge in [0, 0.05) is 16.5 Å². The number of aryl methyl sites for hydroxylation is 2. The van der Waals surface area contributed by atoms with Crippen molar-refractivity contribution < 1.29 is 9.72 Å². The average Bonchev–Trinajstić information content (AvgIpc) is 2.69. The Morgan fingerprint density at radius 3 is 2.14 bits per heavy atom. The highest BCUT2D eigenvalue weighted by molar-refractivity contribution is 7.99. The van der Waals surface area contributed by atoms with E-state index in [1.807, 2.05) is 50.2 Å². The van der Waals surface area contributed by atoms with E-state index in [1.165, 1.54) is 23.9 Å². The molecule has 0 fully saturated rings. The van der Waals surface area contributed by atoms with E-state index in [0.717, 1.165) is 16.0 Å². The number of rotatable bonds is 6. The van der Waals surface area contributed by atoms with Gasteiger partial charge in [-0.3, -0.25) is 14.9 Å². The highest BCUT2D eigenvalue weighted by Gasteiger charge is 2.15. The summed E-state index contributed by atoms with van der Waals surface area (Å²) in [5.41, 5.74) is 3.44. The van der Waals surface area contributed by atoms with Gasteiger partial charge in [0.25, 0.3) is 5.69 Å². The van der Waals surface area contributed by atoms with Crippen molar-refractivity contribution >= 4 is 29.3 Å². The monoisotopic (exact) mass is 389 g/mol. The van der Waals surface area contributed by atoms with Crippen molar-refractivity contribution in [1.29, 1.82) is 0 Å². The van der Waals surface area contributed by atoms with Crippen LogP contribution in [0.4, 0.5) is 5.69 Å². The molecule has 140 valence electrons. The van der Waals surface area contributed by atoms with E-state index in [9.17, 15) is 14.9 Å². The Morgan fingerprint density at radius 2 is 1.54 bits per heavy atom. The SMILES string of the molecule is Cc1ccc(Sc2ccc(/C=C/C(=O)c3ccc(C)cc3)cc2[N+](=O)[O-])cc1. The van der Waals surface area contributed by atoms with Gasteiger partial charge in [-0.15, -0.1) is 0 Å². The predicted octanol–water partition coefficient (Wildman–Crippen LogP) is 6.26. The van der Waals surface area contributed by atoms with Gasteiger partial charge >= 0.3 is 0 Å². The third kappa shape index (κ3) is 4.96. The lowest BCUT2D eigenvalue weighted by Crippen LogP contribution is -1.94. The summed E-state index contributed by atoms with van der Waals surface area (Å²) in [6, 6.07) is 20.1. The molecule has 0 amide bonds. The molecular weight excluding hydrogens is 370 g/mol. The molecule has 0 heterocycles. The van der Waals surface area contributed by atoms with Gasteiger partial charge in [-0.1, -0.05) is 71.4 Å². The van der Waals surface area contributed by atoms with Crippen LogP contribution in [0.15, 0.2) is 82.6 Å². The van der Waals surface area contributed by atoms with E-state index >= 15 is 0 Å². The van der Waals surface area contributed by atoms with E-state index in [0.29, 0.717) is 16.0 Å². The average molecular weight is 389 g/mol. The molecule has 4 nitrogen and oxygen atoms in total. The molecule has 0 aliphatic carbocycles. The maximum atomic E-state index is 12.3. The largest absolute Gasteiger partial charge is 0.289 e. The van der Waals surface area contributed by atoms with Crippen LogP contribution in [0.1, 0.15) is 27.0 Å². The fraction of sp³-hybridized carbons (Fsp3) is 0.0870. The summed E-state index contributed by atoms with van der Waals surface area (Å²) in [7, 11) is 0. The summed E-state index contributed by atoms with van der Waals surface area (Å²) in [6.45, 7) is 3.95. The molecular formula is C23H19NO3S. The summed E-state index contributed by atoms with van der Waals surface area (Å²) in [5.74, 6) is -0.138. The second-order valence-corrected chi connectivity index (χ2v) is 7.58. The van der Waals surface area contributed by atoms with Crippen LogP contribution < -0.4 is 0 Å². The van der Waals surface area contributed by atoms with E-state index in [1.54, 1.807) is 30.3 Å². The molecule has 3 rings (SSSR count). The number of carbonyl (C=O) groups excluding carboxylic acids is 1. The second kappa shape index (κ2) is 8.67. The summed E-state index contributed by atoms with van der Waals surface area (Å²) in [5, 5.41) is 11.5. The highest BCUT2D eigenvalue weighted by Crippen LogP contribution is 2.35. The lowest BCUT2D eigenvalue weighted by molar-refractivity contribution is -0.387. The molecule has 0 N–H and O–H groups in total. The Kier molecular flexibility index (Phi) is 6.06.